The maximum Gasteiger partial charge on any atom is 0.410 e. The molecule has 0 aromatic heterocycles. The van der Waals surface area contributed by atoms with Crippen molar-refractivity contribution in [2.45, 2.75) is 110 Å². The Bertz CT molecular complexity index is 2120. The molecular weight excluding hydrogens is 822 g/mol. The molecule has 1 fully saturated rings. The van der Waals surface area contributed by atoms with Gasteiger partial charge in [-0.3, -0.25) is 15.0 Å². The molecule has 346 valence electrons. The lowest BCUT2D eigenvalue weighted by molar-refractivity contribution is -0.384. The van der Waals surface area contributed by atoms with E-state index in [9.17, 15) is 29.5 Å². The molecule has 1 heterocycles. The molecule has 3 aromatic rings. The number of carbonyl (C=O) groups excluding carboxylic acids is 1. The Labute approximate surface area is 376 Å². The van der Waals surface area contributed by atoms with E-state index in [2.05, 4.69) is 12.7 Å². The van der Waals surface area contributed by atoms with Crippen LogP contribution in [0.2, 0.25) is 0 Å². The number of hydrogen-bond acceptors (Lipinski definition) is 11. The normalized spacial score (nSPS) is 23.0. The molecule has 2 aliphatic carbocycles. The van der Waals surface area contributed by atoms with Crippen molar-refractivity contribution >= 4 is 17.5 Å². The van der Waals surface area contributed by atoms with Crippen molar-refractivity contribution in [1.82, 2.24) is 4.90 Å². The number of non-ortho nitro benzene ring substituents is 1. The molecule has 0 spiro atoms. The van der Waals surface area contributed by atoms with E-state index in [1.54, 1.807) is 47.4 Å². The van der Waals surface area contributed by atoms with Gasteiger partial charge in [0.1, 0.15) is 36.6 Å². The molecule has 2 N–H and O–H groups in total. The Balaban J connectivity index is 1.55. The number of aliphatic hydroxyl groups excluding tert-OH is 2. The summed E-state index contributed by atoms with van der Waals surface area (Å²) in [6.07, 6.45) is 8.44. The highest BCUT2D eigenvalue weighted by Gasteiger charge is 2.65. The predicted molar refractivity (Wildman–Crippen MR) is 241 cm³/mol. The molecule has 0 radical (unpaired) electrons. The average molecular weight is 886 g/mol. The molecule has 6 rings (SSSR count). The van der Waals surface area contributed by atoms with Gasteiger partial charge in [-0.15, -0.1) is 6.58 Å². The quantitative estimate of drug-likeness (QED) is 0.0430. The van der Waals surface area contributed by atoms with Crippen molar-refractivity contribution in [3.63, 3.8) is 0 Å². The number of halogens is 1. The number of amides is 1. The van der Waals surface area contributed by atoms with Gasteiger partial charge in [0.25, 0.3) is 5.69 Å². The number of hydrogen-bond donors (Lipinski definition) is 2. The summed E-state index contributed by atoms with van der Waals surface area (Å²) in [6, 6.07) is 17.5. The first-order chi connectivity index (χ1) is 30.8. The third kappa shape index (κ3) is 11.3. The first-order valence-corrected chi connectivity index (χ1v) is 22.6. The van der Waals surface area contributed by atoms with Crippen molar-refractivity contribution in [1.29, 1.82) is 0 Å². The maximum atomic E-state index is 14.8. The molecule has 0 saturated heterocycles. The molecule has 6 unspecified atom stereocenters. The number of carbonyl (C=O) groups is 1. The summed E-state index contributed by atoms with van der Waals surface area (Å²) in [5, 5.41) is 36.1. The zero-order valence-corrected chi connectivity index (χ0v) is 37.6. The van der Waals surface area contributed by atoms with Crippen molar-refractivity contribution in [2.24, 2.45) is 28.3 Å². The van der Waals surface area contributed by atoms with Gasteiger partial charge in [0.15, 0.2) is 0 Å². The number of aliphatic hydroxyl groups is 2. The van der Waals surface area contributed by atoms with Crippen LogP contribution in [-0.4, -0.2) is 76.6 Å². The van der Waals surface area contributed by atoms with Crippen LogP contribution in [0.25, 0.3) is 0 Å². The first-order valence-electron chi connectivity index (χ1n) is 22.6. The summed E-state index contributed by atoms with van der Waals surface area (Å²) in [6.45, 7) is 12.7. The lowest BCUT2D eigenvalue weighted by Gasteiger charge is -2.60. The van der Waals surface area contributed by atoms with Crippen LogP contribution in [0.5, 0.6) is 11.5 Å². The van der Waals surface area contributed by atoms with Gasteiger partial charge in [0.2, 0.25) is 5.79 Å². The number of rotatable bonds is 22. The zero-order valence-electron chi connectivity index (χ0n) is 37.6. The zero-order chi connectivity index (χ0) is 45.9. The second-order valence-corrected chi connectivity index (χ2v) is 18.2. The van der Waals surface area contributed by atoms with Crippen molar-refractivity contribution in [3.05, 3.63) is 124 Å². The molecule has 3 aliphatic rings. The molecule has 6 atom stereocenters. The third-order valence-electron chi connectivity index (χ3n) is 12.3. The molecule has 1 amide bonds. The van der Waals surface area contributed by atoms with Gasteiger partial charge in [0, 0.05) is 55.4 Å². The molecule has 3 aromatic carbocycles. The molecule has 1 aliphatic heterocycles. The summed E-state index contributed by atoms with van der Waals surface area (Å²) in [5.41, 5.74) is 3.08. The van der Waals surface area contributed by atoms with Gasteiger partial charge < -0.3 is 34.0 Å². The molecule has 14 heteroatoms. The highest BCUT2D eigenvalue weighted by atomic mass is 19.1. The van der Waals surface area contributed by atoms with Gasteiger partial charge in [-0.25, -0.2) is 9.18 Å². The van der Waals surface area contributed by atoms with E-state index in [1.165, 1.54) is 18.2 Å². The number of nitrogens with zero attached hydrogens (tertiary/aromatic N) is 3. The number of nitro benzene ring substituents is 1. The molecule has 64 heavy (non-hydrogen) atoms. The summed E-state index contributed by atoms with van der Waals surface area (Å²) in [5.74, 6) is -1.66. The van der Waals surface area contributed by atoms with Crippen LogP contribution in [0.3, 0.4) is 0 Å². The number of nitro groups is 1. The number of unbranched alkanes of at least 4 members (excludes halogenated alkanes) is 2. The smallest absolute Gasteiger partial charge is 0.410 e. The van der Waals surface area contributed by atoms with E-state index in [-0.39, 0.29) is 80.7 Å². The Kier molecular flexibility index (Phi) is 16.6. The highest BCUT2D eigenvalue weighted by molar-refractivity contribution is 6.03. The fourth-order valence-electron chi connectivity index (χ4n) is 9.39. The third-order valence-corrected chi connectivity index (χ3v) is 12.3. The van der Waals surface area contributed by atoms with Crippen molar-refractivity contribution in [3.8, 4) is 11.5 Å². The summed E-state index contributed by atoms with van der Waals surface area (Å²) in [7, 11) is 0. The van der Waals surface area contributed by atoms with Crippen LogP contribution in [-0.2, 0) is 27.5 Å². The standard InChI is InChI=1S/C50H64FN3O10/c1-6-24-53(48(57)61-33-49(3,4)5)45-30-43(52-63-31-34-18-20-37(21-19-34)54(58)59)40-28-35(14-10-12-25-55)39(16-11-13-26-56)46-41-29-38(60-32-36-15-8-9-17-42(36)51)22-23-44(41)64-50(45,47(40)46)62-27-7-2/h7-9,15,17-23,28-29,35,39,45-47,55-56H,2,6,10-14,16,24-27,30-33H2,1,3-5H3. The highest BCUT2D eigenvalue weighted by Crippen LogP contribution is 2.62. The minimum absolute atomic E-state index is 0.00699. The number of fused-ring (bicyclic) bond motifs is 2. The molecular formula is C50H64FN3O10. The van der Waals surface area contributed by atoms with Crippen LogP contribution < -0.4 is 9.47 Å². The van der Waals surface area contributed by atoms with Gasteiger partial charge in [0.05, 0.1) is 29.8 Å². The molecule has 0 bridgehead atoms. The first kappa shape index (κ1) is 48.2. The fraction of sp³-hybridized carbons (Fsp3) is 0.520. The number of benzene rings is 3. The van der Waals surface area contributed by atoms with Crippen LogP contribution in [0.1, 0.15) is 102 Å². The van der Waals surface area contributed by atoms with Gasteiger partial charge in [-0.05, 0) is 96.9 Å². The van der Waals surface area contributed by atoms with E-state index >= 15 is 0 Å². The van der Waals surface area contributed by atoms with Gasteiger partial charge >= 0.3 is 6.09 Å². The predicted octanol–water partition coefficient (Wildman–Crippen LogP) is 10.0. The minimum Gasteiger partial charge on any atom is -0.489 e. The fourth-order valence-corrected chi connectivity index (χ4v) is 9.39. The maximum absolute atomic E-state index is 14.8. The van der Waals surface area contributed by atoms with Crippen molar-refractivity contribution < 1.29 is 48.1 Å². The topological polar surface area (TPSA) is 162 Å². The summed E-state index contributed by atoms with van der Waals surface area (Å²) >= 11 is 0. The Morgan fingerprint density at radius 3 is 2.45 bits per heavy atom. The molecule has 13 nitrogen and oxygen atoms in total. The lowest BCUT2D eigenvalue weighted by atomic mass is 9.55. The SMILES string of the molecule is C=CCOC12Oc3ccc(OCc4ccccc4F)cc3C3C(CCCCO)C(CCCCO)C=C(C(=NOCc4ccc([N+](=O)[O-])cc4)CC1N(CCC)C(=O)OCC(C)(C)C)C32. The van der Waals surface area contributed by atoms with E-state index in [1.807, 2.05) is 39.8 Å². The van der Waals surface area contributed by atoms with Crippen LogP contribution in [0.15, 0.2) is 96.2 Å². The van der Waals surface area contributed by atoms with Crippen molar-refractivity contribution in [2.75, 3.05) is 33.0 Å². The monoisotopic (exact) mass is 885 g/mol. The summed E-state index contributed by atoms with van der Waals surface area (Å²) < 4.78 is 41.4. The number of oxime groups is 1. The summed E-state index contributed by atoms with van der Waals surface area (Å²) in [4.78, 5) is 33.2. The number of allylic oxidation sites excluding steroid dienone is 1. The van der Waals surface area contributed by atoms with Crippen LogP contribution in [0, 0.1) is 39.1 Å². The molecule has 1 saturated carbocycles. The van der Waals surface area contributed by atoms with Crippen LogP contribution in [0.4, 0.5) is 14.9 Å². The van der Waals surface area contributed by atoms with E-state index in [0.717, 1.165) is 36.8 Å². The van der Waals surface area contributed by atoms with Gasteiger partial charge in [-0.1, -0.05) is 76.0 Å². The Morgan fingerprint density at radius 1 is 1.05 bits per heavy atom. The Hall–Kier alpha value is -5.31. The van der Waals surface area contributed by atoms with E-state index in [4.69, 9.17) is 28.9 Å². The lowest BCUT2D eigenvalue weighted by Crippen LogP contribution is -2.70. The van der Waals surface area contributed by atoms with E-state index < -0.39 is 28.8 Å². The Morgan fingerprint density at radius 2 is 1.78 bits per heavy atom. The van der Waals surface area contributed by atoms with Gasteiger partial charge in [-0.2, -0.15) is 0 Å². The minimum atomic E-state index is -1.48. The number of ether oxygens (including phenoxy) is 4. The average Bonchev–Trinajstić information content (AvgIpc) is 3.27. The second kappa shape index (κ2) is 22.1. The van der Waals surface area contributed by atoms with E-state index in [0.29, 0.717) is 54.1 Å². The largest absolute Gasteiger partial charge is 0.489 e. The van der Waals surface area contributed by atoms with Crippen LogP contribution >= 0.6 is 0 Å². The second-order valence-electron chi connectivity index (χ2n) is 18.2.